The molecular formula is C19H30. The highest BCUT2D eigenvalue weighted by molar-refractivity contribution is 5.09. The Morgan fingerprint density at radius 1 is 0.895 bits per heavy atom. The third-order valence-corrected chi connectivity index (χ3v) is 4.99. The van der Waals surface area contributed by atoms with E-state index < -0.39 is 0 Å². The third kappa shape index (κ3) is 5.06. The number of rotatable bonds is 2. The van der Waals surface area contributed by atoms with Crippen LogP contribution < -0.4 is 0 Å². The molecule has 0 nitrogen and oxygen atoms in total. The second-order valence-corrected chi connectivity index (χ2v) is 7.12. The molecule has 0 bridgehead atoms. The lowest BCUT2D eigenvalue weighted by Gasteiger charge is -2.26. The molecule has 0 aromatic heterocycles. The molecule has 2 fully saturated rings. The van der Waals surface area contributed by atoms with Gasteiger partial charge >= 0.3 is 0 Å². The van der Waals surface area contributed by atoms with E-state index in [0.717, 1.165) is 11.8 Å². The van der Waals surface area contributed by atoms with Gasteiger partial charge in [0.05, 0.1) is 0 Å². The van der Waals surface area contributed by atoms with Crippen LogP contribution in [0.4, 0.5) is 0 Å². The van der Waals surface area contributed by atoms with Crippen LogP contribution in [0.1, 0.15) is 71.6 Å². The summed E-state index contributed by atoms with van der Waals surface area (Å²) in [5.74, 6) is 10.4. The van der Waals surface area contributed by atoms with E-state index >= 15 is 0 Å². The van der Waals surface area contributed by atoms with Crippen molar-refractivity contribution in [2.75, 3.05) is 0 Å². The van der Waals surface area contributed by atoms with Crippen LogP contribution in [0.2, 0.25) is 0 Å². The van der Waals surface area contributed by atoms with Crippen molar-refractivity contribution in [1.82, 2.24) is 0 Å². The Hall–Kier alpha value is -0.700. The molecule has 0 heterocycles. The Kier molecular flexibility index (Phi) is 5.56. The van der Waals surface area contributed by atoms with Crippen LogP contribution in [-0.2, 0) is 0 Å². The summed E-state index contributed by atoms with van der Waals surface area (Å²) in [6.07, 6.45) is 12.1. The first-order valence-corrected chi connectivity index (χ1v) is 8.29. The molecule has 0 unspecified atom stereocenters. The Bertz CT molecular complexity index is 338. The Morgan fingerprint density at radius 3 is 1.84 bits per heavy atom. The summed E-state index contributed by atoms with van der Waals surface area (Å²) in [6.45, 7) is 8.59. The number of allylic oxidation sites excluding steroid dienone is 1. The van der Waals surface area contributed by atoms with Gasteiger partial charge in [0.25, 0.3) is 0 Å². The van der Waals surface area contributed by atoms with Gasteiger partial charge in [0.2, 0.25) is 0 Å². The molecule has 2 aliphatic carbocycles. The van der Waals surface area contributed by atoms with Gasteiger partial charge in [-0.05, 0) is 76.5 Å². The molecular weight excluding hydrogens is 228 g/mol. The molecule has 0 aromatic carbocycles. The highest BCUT2D eigenvalue weighted by atomic mass is 14.2. The minimum absolute atomic E-state index is 0.695. The molecule has 0 aliphatic heterocycles. The van der Waals surface area contributed by atoms with Gasteiger partial charge in [-0.15, -0.1) is 6.58 Å². The summed E-state index contributed by atoms with van der Waals surface area (Å²) in [5, 5.41) is 0. The van der Waals surface area contributed by atoms with Gasteiger partial charge in [-0.25, -0.2) is 0 Å². The molecule has 2 aliphatic rings. The van der Waals surface area contributed by atoms with E-state index in [2.05, 4.69) is 32.3 Å². The molecule has 0 amide bonds. The van der Waals surface area contributed by atoms with Crippen LogP contribution in [0.15, 0.2) is 12.2 Å². The van der Waals surface area contributed by atoms with Crippen molar-refractivity contribution in [3.05, 3.63) is 12.2 Å². The van der Waals surface area contributed by atoms with E-state index in [-0.39, 0.29) is 0 Å². The molecule has 19 heavy (non-hydrogen) atoms. The number of hydrogen-bond acceptors (Lipinski definition) is 0. The van der Waals surface area contributed by atoms with Crippen molar-refractivity contribution in [1.29, 1.82) is 0 Å². The van der Waals surface area contributed by atoms with Crippen LogP contribution in [0, 0.1) is 35.5 Å². The van der Waals surface area contributed by atoms with Crippen molar-refractivity contribution in [2.24, 2.45) is 23.7 Å². The molecule has 0 atom stereocenters. The maximum absolute atomic E-state index is 4.04. The largest absolute Gasteiger partial charge is 0.100 e. The summed E-state index contributed by atoms with van der Waals surface area (Å²) in [5.41, 5.74) is 1.35. The van der Waals surface area contributed by atoms with Crippen LogP contribution >= 0.6 is 0 Å². The quantitative estimate of drug-likeness (QED) is 0.447. The summed E-state index contributed by atoms with van der Waals surface area (Å²) in [6, 6.07) is 0. The standard InChI is InChI=1S/C19H30/c1-15(2)14-19-12-10-18(11-13-19)9-8-17-6-4-16(3)5-7-17/h16-19H,1,4-7,10-14H2,2-3H3. The topological polar surface area (TPSA) is 0 Å². The molecule has 0 heteroatoms. The summed E-state index contributed by atoms with van der Waals surface area (Å²) in [4.78, 5) is 0. The van der Waals surface area contributed by atoms with E-state index in [4.69, 9.17) is 0 Å². The van der Waals surface area contributed by atoms with Gasteiger partial charge in [-0.2, -0.15) is 0 Å². The zero-order chi connectivity index (χ0) is 13.7. The van der Waals surface area contributed by atoms with Crippen molar-refractivity contribution in [2.45, 2.75) is 71.6 Å². The van der Waals surface area contributed by atoms with E-state index in [1.807, 2.05) is 0 Å². The first-order valence-electron chi connectivity index (χ1n) is 8.29. The zero-order valence-corrected chi connectivity index (χ0v) is 12.9. The fourth-order valence-corrected chi connectivity index (χ4v) is 3.64. The normalized spacial score (nSPS) is 35.3. The monoisotopic (exact) mass is 258 g/mol. The molecule has 0 spiro atoms. The first kappa shape index (κ1) is 14.7. The molecule has 106 valence electrons. The van der Waals surface area contributed by atoms with Crippen LogP contribution in [0.25, 0.3) is 0 Å². The van der Waals surface area contributed by atoms with E-state index in [0.29, 0.717) is 11.8 Å². The second-order valence-electron chi connectivity index (χ2n) is 7.12. The summed E-state index contributed by atoms with van der Waals surface area (Å²) in [7, 11) is 0. The minimum atomic E-state index is 0.695. The smallest absolute Gasteiger partial charge is 0.0203 e. The Labute approximate surface area is 120 Å². The lowest BCUT2D eigenvalue weighted by Crippen LogP contribution is -2.14. The van der Waals surface area contributed by atoms with Gasteiger partial charge in [-0.3, -0.25) is 0 Å². The predicted octanol–water partition coefficient (Wildman–Crippen LogP) is 5.59. The third-order valence-electron chi connectivity index (χ3n) is 4.99. The molecule has 2 rings (SSSR count). The van der Waals surface area contributed by atoms with Gasteiger partial charge in [0.15, 0.2) is 0 Å². The highest BCUT2D eigenvalue weighted by Crippen LogP contribution is 2.32. The van der Waals surface area contributed by atoms with Gasteiger partial charge in [-0.1, -0.05) is 24.3 Å². The van der Waals surface area contributed by atoms with Crippen molar-refractivity contribution >= 4 is 0 Å². The van der Waals surface area contributed by atoms with Crippen LogP contribution in [-0.4, -0.2) is 0 Å². The fourth-order valence-electron chi connectivity index (χ4n) is 3.64. The zero-order valence-electron chi connectivity index (χ0n) is 12.9. The van der Waals surface area contributed by atoms with Crippen LogP contribution in [0.3, 0.4) is 0 Å². The summed E-state index contributed by atoms with van der Waals surface area (Å²) >= 11 is 0. The molecule has 2 saturated carbocycles. The Balaban J connectivity index is 1.72. The molecule has 0 aromatic rings. The SMILES string of the molecule is C=C(C)CC1CCC(C#CC2CCC(C)CC2)CC1. The number of hydrogen-bond donors (Lipinski definition) is 0. The molecule has 0 saturated heterocycles. The first-order chi connectivity index (χ1) is 9.13. The van der Waals surface area contributed by atoms with Gasteiger partial charge in [0, 0.05) is 11.8 Å². The lowest BCUT2D eigenvalue weighted by molar-refractivity contribution is 0.313. The van der Waals surface area contributed by atoms with E-state index in [9.17, 15) is 0 Å². The predicted molar refractivity (Wildman–Crippen MR) is 83.8 cm³/mol. The van der Waals surface area contributed by atoms with Crippen LogP contribution in [0.5, 0.6) is 0 Å². The minimum Gasteiger partial charge on any atom is -0.100 e. The average Bonchev–Trinajstić information content (AvgIpc) is 2.39. The van der Waals surface area contributed by atoms with Crippen molar-refractivity contribution < 1.29 is 0 Å². The van der Waals surface area contributed by atoms with E-state index in [1.165, 1.54) is 63.4 Å². The van der Waals surface area contributed by atoms with Gasteiger partial charge in [0.1, 0.15) is 0 Å². The molecule has 0 N–H and O–H groups in total. The average molecular weight is 258 g/mol. The summed E-state index contributed by atoms with van der Waals surface area (Å²) < 4.78 is 0. The van der Waals surface area contributed by atoms with Crippen molar-refractivity contribution in [3.8, 4) is 11.8 Å². The molecule has 0 radical (unpaired) electrons. The van der Waals surface area contributed by atoms with Gasteiger partial charge < -0.3 is 0 Å². The highest BCUT2D eigenvalue weighted by Gasteiger charge is 2.20. The lowest BCUT2D eigenvalue weighted by atomic mass is 9.79. The maximum Gasteiger partial charge on any atom is 0.0203 e. The second kappa shape index (κ2) is 7.18. The fraction of sp³-hybridized carbons (Fsp3) is 0.789. The maximum atomic E-state index is 4.04. The Morgan fingerprint density at radius 2 is 1.37 bits per heavy atom. The van der Waals surface area contributed by atoms with E-state index in [1.54, 1.807) is 0 Å². The van der Waals surface area contributed by atoms with Crippen molar-refractivity contribution in [3.63, 3.8) is 0 Å².